The summed E-state index contributed by atoms with van der Waals surface area (Å²) in [6.45, 7) is 2.16. The van der Waals surface area contributed by atoms with Crippen LogP contribution in [0.3, 0.4) is 0 Å². The lowest BCUT2D eigenvalue weighted by atomic mass is 10.0. The SMILES string of the molecule is COc1cccc(C2CCCN2Cc2cncn2C2CCCC2)c1. The maximum atomic E-state index is 5.41. The molecule has 128 valence electrons. The summed E-state index contributed by atoms with van der Waals surface area (Å²) in [7, 11) is 1.74. The number of benzene rings is 1. The summed E-state index contributed by atoms with van der Waals surface area (Å²) in [5.41, 5.74) is 2.75. The Kier molecular flexibility index (Phi) is 4.56. The minimum absolute atomic E-state index is 0.493. The second-order valence-electron chi connectivity index (χ2n) is 7.14. The third-order valence-electron chi connectivity index (χ3n) is 5.67. The van der Waals surface area contributed by atoms with Crippen LogP contribution in [0.1, 0.15) is 61.9 Å². The topological polar surface area (TPSA) is 30.3 Å². The van der Waals surface area contributed by atoms with E-state index in [1.807, 2.05) is 12.4 Å². The van der Waals surface area contributed by atoms with Gasteiger partial charge in [-0.1, -0.05) is 25.0 Å². The van der Waals surface area contributed by atoms with Gasteiger partial charge in [0.2, 0.25) is 0 Å². The Bertz CT molecular complexity index is 675. The molecule has 2 aromatic rings. The fourth-order valence-electron chi connectivity index (χ4n) is 4.42. The van der Waals surface area contributed by atoms with Crippen molar-refractivity contribution in [3.05, 3.63) is 48.0 Å². The number of hydrogen-bond acceptors (Lipinski definition) is 3. The highest BCUT2D eigenvalue weighted by Crippen LogP contribution is 2.36. The smallest absolute Gasteiger partial charge is 0.119 e. The summed E-state index contributed by atoms with van der Waals surface area (Å²) in [6.07, 6.45) is 11.9. The van der Waals surface area contributed by atoms with Gasteiger partial charge in [-0.2, -0.15) is 0 Å². The summed E-state index contributed by atoms with van der Waals surface area (Å²) < 4.78 is 7.85. The molecule has 1 atom stereocenters. The molecule has 4 heteroatoms. The highest BCUT2D eigenvalue weighted by molar-refractivity contribution is 5.31. The Morgan fingerprint density at radius 1 is 1.17 bits per heavy atom. The van der Waals surface area contributed by atoms with Crippen molar-refractivity contribution >= 4 is 0 Å². The van der Waals surface area contributed by atoms with Crippen LogP contribution in [0.5, 0.6) is 5.75 Å². The van der Waals surface area contributed by atoms with Crippen LogP contribution in [-0.4, -0.2) is 28.1 Å². The molecule has 2 fully saturated rings. The van der Waals surface area contributed by atoms with E-state index in [2.05, 4.69) is 38.8 Å². The third kappa shape index (κ3) is 3.07. The molecular weight excluding hydrogens is 298 g/mol. The highest BCUT2D eigenvalue weighted by atomic mass is 16.5. The number of nitrogens with zero attached hydrogens (tertiary/aromatic N) is 3. The second-order valence-corrected chi connectivity index (χ2v) is 7.14. The van der Waals surface area contributed by atoms with Gasteiger partial charge in [0.15, 0.2) is 0 Å². The molecule has 0 amide bonds. The molecule has 0 bridgehead atoms. The van der Waals surface area contributed by atoms with Crippen LogP contribution in [0.25, 0.3) is 0 Å². The quantitative estimate of drug-likeness (QED) is 0.819. The molecule has 4 rings (SSSR count). The van der Waals surface area contributed by atoms with E-state index in [4.69, 9.17) is 4.74 Å². The van der Waals surface area contributed by atoms with E-state index in [-0.39, 0.29) is 0 Å². The molecule has 0 spiro atoms. The average molecular weight is 325 g/mol. The van der Waals surface area contributed by atoms with Gasteiger partial charge in [0.1, 0.15) is 5.75 Å². The Hall–Kier alpha value is -1.81. The zero-order valence-corrected chi connectivity index (χ0v) is 14.5. The van der Waals surface area contributed by atoms with Crippen molar-refractivity contribution in [3.8, 4) is 5.75 Å². The first kappa shape index (κ1) is 15.7. The van der Waals surface area contributed by atoms with E-state index in [1.165, 1.54) is 49.8 Å². The molecule has 1 aromatic heterocycles. The lowest BCUT2D eigenvalue weighted by molar-refractivity contribution is 0.239. The first-order valence-electron chi connectivity index (χ1n) is 9.24. The normalized spacial score (nSPS) is 22.3. The molecule has 4 nitrogen and oxygen atoms in total. The molecule has 1 aromatic carbocycles. The molecule has 1 unspecified atom stereocenters. The Labute approximate surface area is 144 Å². The highest BCUT2D eigenvalue weighted by Gasteiger charge is 2.28. The number of aromatic nitrogens is 2. The van der Waals surface area contributed by atoms with Gasteiger partial charge in [-0.05, 0) is 49.9 Å². The molecule has 1 saturated carbocycles. The summed E-state index contributed by atoms with van der Waals surface area (Å²) in [6, 6.07) is 9.72. The van der Waals surface area contributed by atoms with Crippen molar-refractivity contribution in [2.45, 2.75) is 57.2 Å². The van der Waals surface area contributed by atoms with E-state index in [0.717, 1.165) is 18.8 Å². The first-order valence-corrected chi connectivity index (χ1v) is 9.24. The zero-order valence-electron chi connectivity index (χ0n) is 14.5. The van der Waals surface area contributed by atoms with Crippen molar-refractivity contribution in [2.24, 2.45) is 0 Å². The molecule has 1 saturated heterocycles. The Balaban J connectivity index is 1.52. The minimum atomic E-state index is 0.493. The number of likely N-dealkylation sites (tertiary alicyclic amines) is 1. The van der Waals surface area contributed by atoms with Crippen molar-refractivity contribution < 1.29 is 4.74 Å². The number of ether oxygens (including phenoxy) is 1. The largest absolute Gasteiger partial charge is 0.497 e. The number of methoxy groups -OCH3 is 1. The first-order chi connectivity index (χ1) is 11.8. The maximum absolute atomic E-state index is 5.41. The van der Waals surface area contributed by atoms with Crippen LogP contribution in [0.2, 0.25) is 0 Å². The van der Waals surface area contributed by atoms with Crippen LogP contribution in [0.15, 0.2) is 36.8 Å². The second kappa shape index (κ2) is 6.98. The fourth-order valence-corrected chi connectivity index (χ4v) is 4.42. The standard InChI is InChI=1S/C20H27N3O/c1-24-19-9-4-6-16(12-19)20-10-5-11-22(20)14-18-13-21-15-23(18)17-7-2-3-8-17/h4,6,9,12-13,15,17,20H,2-3,5,7-8,10-11,14H2,1H3. The van der Waals surface area contributed by atoms with Crippen molar-refractivity contribution in [3.63, 3.8) is 0 Å². The predicted molar refractivity (Wildman–Crippen MR) is 95.1 cm³/mol. The van der Waals surface area contributed by atoms with Gasteiger partial charge in [0.25, 0.3) is 0 Å². The molecule has 2 heterocycles. The molecule has 0 radical (unpaired) electrons. The minimum Gasteiger partial charge on any atom is -0.497 e. The van der Waals surface area contributed by atoms with Crippen LogP contribution in [-0.2, 0) is 6.54 Å². The van der Waals surface area contributed by atoms with E-state index >= 15 is 0 Å². The summed E-state index contributed by atoms with van der Waals surface area (Å²) in [5.74, 6) is 0.954. The van der Waals surface area contributed by atoms with E-state index < -0.39 is 0 Å². The molecule has 24 heavy (non-hydrogen) atoms. The van der Waals surface area contributed by atoms with E-state index in [9.17, 15) is 0 Å². The van der Waals surface area contributed by atoms with Crippen LogP contribution in [0, 0.1) is 0 Å². The van der Waals surface area contributed by atoms with Gasteiger partial charge < -0.3 is 9.30 Å². The molecule has 1 aliphatic carbocycles. The van der Waals surface area contributed by atoms with E-state index in [0.29, 0.717) is 12.1 Å². The summed E-state index contributed by atoms with van der Waals surface area (Å²) in [4.78, 5) is 7.06. The number of rotatable bonds is 5. The van der Waals surface area contributed by atoms with Crippen LogP contribution < -0.4 is 4.74 Å². The maximum Gasteiger partial charge on any atom is 0.119 e. The van der Waals surface area contributed by atoms with Gasteiger partial charge in [-0.15, -0.1) is 0 Å². The number of imidazole rings is 1. The Morgan fingerprint density at radius 2 is 2.04 bits per heavy atom. The Morgan fingerprint density at radius 3 is 2.88 bits per heavy atom. The zero-order chi connectivity index (χ0) is 16.4. The number of hydrogen-bond donors (Lipinski definition) is 0. The van der Waals surface area contributed by atoms with Gasteiger partial charge >= 0.3 is 0 Å². The van der Waals surface area contributed by atoms with Gasteiger partial charge in [-0.3, -0.25) is 4.90 Å². The molecule has 1 aliphatic heterocycles. The van der Waals surface area contributed by atoms with Gasteiger partial charge in [-0.25, -0.2) is 4.98 Å². The molecular formula is C20H27N3O. The van der Waals surface area contributed by atoms with Crippen LogP contribution in [0.4, 0.5) is 0 Å². The average Bonchev–Trinajstić information content (AvgIpc) is 3.36. The van der Waals surface area contributed by atoms with Gasteiger partial charge in [0, 0.05) is 24.8 Å². The van der Waals surface area contributed by atoms with E-state index in [1.54, 1.807) is 7.11 Å². The fraction of sp³-hybridized carbons (Fsp3) is 0.550. The lowest BCUT2D eigenvalue weighted by Gasteiger charge is -2.26. The molecule has 0 N–H and O–H groups in total. The predicted octanol–water partition coefficient (Wildman–Crippen LogP) is 4.34. The molecule has 2 aliphatic rings. The van der Waals surface area contributed by atoms with Crippen molar-refractivity contribution in [1.82, 2.24) is 14.5 Å². The lowest BCUT2D eigenvalue weighted by Crippen LogP contribution is -2.24. The van der Waals surface area contributed by atoms with Crippen LogP contribution >= 0.6 is 0 Å². The van der Waals surface area contributed by atoms with Crippen molar-refractivity contribution in [2.75, 3.05) is 13.7 Å². The third-order valence-corrected chi connectivity index (χ3v) is 5.67. The van der Waals surface area contributed by atoms with Crippen molar-refractivity contribution in [1.29, 1.82) is 0 Å². The monoisotopic (exact) mass is 325 g/mol. The summed E-state index contributed by atoms with van der Waals surface area (Å²) >= 11 is 0. The summed E-state index contributed by atoms with van der Waals surface area (Å²) in [5, 5.41) is 0. The van der Waals surface area contributed by atoms with Gasteiger partial charge in [0.05, 0.1) is 19.1 Å².